The first kappa shape index (κ1) is 18.0. The lowest BCUT2D eigenvalue weighted by atomic mass is 9.72. The van der Waals surface area contributed by atoms with Gasteiger partial charge in [0.25, 0.3) is 5.91 Å². The van der Waals surface area contributed by atoms with Crippen LogP contribution in [0.25, 0.3) is 0 Å². The highest BCUT2D eigenvalue weighted by Gasteiger charge is 2.41. The molecular weight excluding hydrogens is 344 g/mol. The molecule has 1 spiro atoms. The molecule has 0 bridgehead atoms. The van der Waals surface area contributed by atoms with Crippen LogP contribution in [0.2, 0.25) is 5.02 Å². The molecule has 1 aromatic rings. The lowest BCUT2D eigenvalue weighted by Gasteiger charge is -2.47. The van der Waals surface area contributed by atoms with Crippen LogP contribution in [0.4, 0.5) is 0 Å². The van der Waals surface area contributed by atoms with Crippen LogP contribution in [0.3, 0.4) is 0 Å². The molecule has 25 heavy (non-hydrogen) atoms. The van der Waals surface area contributed by atoms with E-state index in [-0.39, 0.29) is 35.1 Å². The molecule has 0 aromatic heterocycles. The van der Waals surface area contributed by atoms with Crippen LogP contribution in [-0.2, 0) is 4.79 Å². The molecule has 2 fully saturated rings. The number of rotatable bonds is 3. The zero-order valence-electron chi connectivity index (χ0n) is 14.1. The number of carbonyl (C=O) groups is 2. The lowest BCUT2D eigenvalue weighted by molar-refractivity contribution is -0.139. The monoisotopic (exact) mass is 366 g/mol. The molecule has 0 saturated carbocycles. The summed E-state index contributed by atoms with van der Waals surface area (Å²) in [6.07, 6.45) is 2.96. The van der Waals surface area contributed by atoms with Gasteiger partial charge < -0.3 is 20.0 Å². The van der Waals surface area contributed by atoms with E-state index in [0.717, 1.165) is 19.3 Å². The van der Waals surface area contributed by atoms with E-state index in [2.05, 4.69) is 0 Å². The summed E-state index contributed by atoms with van der Waals surface area (Å²) in [5.74, 6) is -0.178. The second-order valence-electron chi connectivity index (χ2n) is 6.99. The first-order valence-electron chi connectivity index (χ1n) is 8.60. The number of hydrogen-bond acceptors (Lipinski definition) is 4. The summed E-state index contributed by atoms with van der Waals surface area (Å²) in [4.78, 5) is 28.1. The number of nitrogens with zero attached hydrogens (tertiary/aromatic N) is 2. The van der Waals surface area contributed by atoms with E-state index < -0.39 is 0 Å². The van der Waals surface area contributed by atoms with Crippen molar-refractivity contribution in [3.63, 3.8) is 0 Å². The van der Waals surface area contributed by atoms with Gasteiger partial charge in [-0.15, -0.1) is 0 Å². The number of hydrogen-bond donors (Lipinski definition) is 2. The van der Waals surface area contributed by atoms with Crippen molar-refractivity contribution in [1.82, 2.24) is 9.80 Å². The first-order chi connectivity index (χ1) is 11.9. The number of aliphatic hydroxyl groups excluding tert-OH is 1. The molecule has 0 atom stereocenters. The molecular formula is C18H23ClN2O4. The fourth-order valence-corrected chi connectivity index (χ4v) is 4.04. The second-order valence-corrected chi connectivity index (χ2v) is 7.43. The Hall–Kier alpha value is -1.79. The molecule has 0 aliphatic carbocycles. The van der Waals surface area contributed by atoms with Gasteiger partial charge in [-0.05, 0) is 42.9 Å². The van der Waals surface area contributed by atoms with E-state index in [1.165, 1.54) is 12.1 Å². The topological polar surface area (TPSA) is 81.1 Å². The van der Waals surface area contributed by atoms with Gasteiger partial charge >= 0.3 is 0 Å². The second kappa shape index (κ2) is 7.22. The predicted molar refractivity (Wildman–Crippen MR) is 93.6 cm³/mol. The van der Waals surface area contributed by atoms with E-state index in [1.54, 1.807) is 15.9 Å². The average Bonchev–Trinajstić information content (AvgIpc) is 2.61. The number of likely N-dealkylation sites (tertiary alicyclic amines) is 2. The van der Waals surface area contributed by atoms with Gasteiger partial charge in [-0.25, -0.2) is 0 Å². The summed E-state index contributed by atoms with van der Waals surface area (Å²) in [7, 11) is 0. The van der Waals surface area contributed by atoms with Gasteiger partial charge in [-0.2, -0.15) is 0 Å². The quantitative estimate of drug-likeness (QED) is 0.855. The SMILES string of the molecule is O=C1CCC2(CCN(C(=O)c3cc(Cl)ccc3O)CC2)CN1CCO. The van der Waals surface area contributed by atoms with Gasteiger partial charge in [0, 0.05) is 37.6 Å². The first-order valence-corrected chi connectivity index (χ1v) is 8.98. The van der Waals surface area contributed by atoms with Crippen LogP contribution in [0, 0.1) is 5.41 Å². The fourth-order valence-electron chi connectivity index (χ4n) is 3.87. The molecule has 2 N–H and O–H groups in total. The number of halogens is 1. The summed E-state index contributed by atoms with van der Waals surface area (Å²) in [6, 6.07) is 4.47. The van der Waals surface area contributed by atoms with Crippen LogP contribution >= 0.6 is 11.6 Å². The number of piperidine rings is 2. The van der Waals surface area contributed by atoms with Crippen LogP contribution in [-0.4, -0.2) is 64.6 Å². The maximum Gasteiger partial charge on any atom is 0.257 e. The smallest absolute Gasteiger partial charge is 0.257 e. The Balaban J connectivity index is 1.66. The molecule has 2 heterocycles. The summed E-state index contributed by atoms with van der Waals surface area (Å²) < 4.78 is 0. The zero-order valence-corrected chi connectivity index (χ0v) is 14.8. The standard InChI is InChI=1S/C18H23ClN2O4/c19-13-1-2-15(23)14(11-13)17(25)20-7-5-18(6-8-20)4-3-16(24)21(12-18)9-10-22/h1-2,11,22-23H,3-10,12H2. The zero-order chi connectivity index (χ0) is 18.0. The molecule has 0 unspecified atom stereocenters. The van der Waals surface area contributed by atoms with Gasteiger partial charge in [0.2, 0.25) is 5.91 Å². The van der Waals surface area contributed by atoms with E-state index in [0.29, 0.717) is 37.6 Å². The Morgan fingerprint density at radius 2 is 1.96 bits per heavy atom. The Kier molecular flexibility index (Phi) is 5.20. The number of amides is 2. The minimum atomic E-state index is -0.214. The highest BCUT2D eigenvalue weighted by atomic mass is 35.5. The molecule has 136 valence electrons. The predicted octanol–water partition coefficient (Wildman–Crippen LogP) is 1.88. The molecule has 7 heteroatoms. The van der Waals surface area contributed by atoms with Crippen molar-refractivity contribution in [3.05, 3.63) is 28.8 Å². The number of benzene rings is 1. The van der Waals surface area contributed by atoms with Gasteiger partial charge in [0.1, 0.15) is 5.75 Å². The van der Waals surface area contributed by atoms with Crippen molar-refractivity contribution in [2.45, 2.75) is 25.7 Å². The number of carbonyl (C=O) groups excluding carboxylic acids is 2. The number of phenols is 1. The van der Waals surface area contributed by atoms with Crippen molar-refractivity contribution < 1.29 is 19.8 Å². The van der Waals surface area contributed by atoms with Crippen molar-refractivity contribution in [3.8, 4) is 5.75 Å². The van der Waals surface area contributed by atoms with E-state index in [9.17, 15) is 14.7 Å². The van der Waals surface area contributed by atoms with Gasteiger partial charge in [-0.3, -0.25) is 9.59 Å². The highest BCUT2D eigenvalue weighted by molar-refractivity contribution is 6.31. The fraction of sp³-hybridized carbons (Fsp3) is 0.556. The number of phenolic OH excluding ortho intramolecular Hbond substituents is 1. The summed E-state index contributed by atoms with van der Waals surface area (Å²) in [5.41, 5.74) is 0.250. The summed E-state index contributed by atoms with van der Waals surface area (Å²) >= 11 is 5.94. The maximum atomic E-state index is 12.7. The molecule has 0 radical (unpaired) electrons. The number of aliphatic hydroxyl groups is 1. The molecule has 2 saturated heterocycles. The van der Waals surface area contributed by atoms with Gasteiger partial charge in [0.15, 0.2) is 0 Å². The minimum Gasteiger partial charge on any atom is -0.507 e. The molecule has 1 aromatic carbocycles. The van der Waals surface area contributed by atoms with Crippen molar-refractivity contribution in [1.29, 1.82) is 0 Å². The molecule has 2 aliphatic heterocycles. The summed E-state index contributed by atoms with van der Waals surface area (Å²) in [6.45, 7) is 2.18. The van der Waals surface area contributed by atoms with Crippen molar-refractivity contribution >= 4 is 23.4 Å². The number of aromatic hydroxyl groups is 1. The molecule has 2 amide bonds. The van der Waals surface area contributed by atoms with Crippen LogP contribution < -0.4 is 0 Å². The minimum absolute atomic E-state index is 0.0240. The Bertz CT molecular complexity index is 671. The third-order valence-corrected chi connectivity index (χ3v) is 5.65. The van der Waals surface area contributed by atoms with E-state index >= 15 is 0 Å². The lowest BCUT2D eigenvalue weighted by Crippen LogP contribution is -2.52. The Morgan fingerprint density at radius 3 is 2.64 bits per heavy atom. The van der Waals surface area contributed by atoms with Crippen LogP contribution in [0.15, 0.2) is 18.2 Å². The third-order valence-electron chi connectivity index (χ3n) is 5.42. The summed E-state index contributed by atoms with van der Waals surface area (Å²) in [5, 5.41) is 19.5. The Morgan fingerprint density at radius 1 is 1.24 bits per heavy atom. The van der Waals surface area contributed by atoms with E-state index in [1.807, 2.05) is 0 Å². The van der Waals surface area contributed by atoms with Crippen molar-refractivity contribution in [2.75, 3.05) is 32.8 Å². The molecule has 3 rings (SSSR count). The van der Waals surface area contributed by atoms with E-state index in [4.69, 9.17) is 16.7 Å². The third kappa shape index (κ3) is 3.75. The largest absolute Gasteiger partial charge is 0.507 e. The van der Waals surface area contributed by atoms with Gasteiger partial charge in [0.05, 0.1) is 12.2 Å². The van der Waals surface area contributed by atoms with Crippen molar-refractivity contribution in [2.24, 2.45) is 5.41 Å². The van der Waals surface area contributed by atoms with Gasteiger partial charge in [-0.1, -0.05) is 11.6 Å². The molecule has 2 aliphatic rings. The van der Waals surface area contributed by atoms with Crippen LogP contribution in [0.1, 0.15) is 36.0 Å². The highest BCUT2D eigenvalue weighted by Crippen LogP contribution is 2.40. The Labute approximate surface area is 152 Å². The normalized spacial score (nSPS) is 20.2. The molecule has 6 nitrogen and oxygen atoms in total. The number of β-amino-alcohol motifs (C(OH)–C–C–N with tert-alkyl or cyclic N) is 1. The average molecular weight is 367 g/mol. The van der Waals surface area contributed by atoms with Crippen LogP contribution in [0.5, 0.6) is 5.75 Å². The maximum absolute atomic E-state index is 12.7.